The zero-order chi connectivity index (χ0) is 22.4. The number of Topliss-reactive ketones (excluding diaryl/α,β-unsaturated/α-hetero) is 2. The van der Waals surface area contributed by atoms with E-state index in [1.807, 2.05) is 0 Å². The highest BCUT2D eigenvalue weighted by atomic mass is 16.3. The Bertz CT molecular complexity index is 600. The lowest BCUT2D eigenvalue weighted by Crippen LogP contribution is -2.27. The highest BCUT2D eigenvalue weighted by Crippen LogP contribution is 2.33. The van der Waals surface area contributed by atoms with Crippen LogP contribution in [-0.4, -0.2) is 21.8 Å². The summed E-state index contributed by atoms with van der Waals surface area (Å²) < 4.78 is 0. The van der Waals surface area contributed by atoms with E-state index in [0.29, 0.717) is 0 Å². The van der Waals surface area contributed by atoms with E-state index in [-0.39, 0.29) is 17.1 Å². The molecule has 0 fully saturated rings. The van der Waals surface area contributed by atoms with E-state index in [2.05, 4.69) is 13.8 Å². The molecule has 172 valence electrons. The quantitative estimate of drug-likeness (QED) is 0.187. The summed E-state index contributed by atoms with van der Waals surface area (Å²) in [5, 5.41) is 20.4. The van der Waals surface area contributed by atoms with E-state index in [1.54, 1.807) is 0 Å². The molecule has 0 aromatic carbocycles. The molecule has 0 amide bonds. The third kappa shape index (κ3) is 8.65. The maximum atomic E-state index is 12.6. The van der Waals surface area contributed by atoms with Gasteiger partial charge in [-0.25, -0.2) is 0 Å². The molecular formula is C26H44O4. The lowest BCUT2D eigenvalue weighted by molar-refractivity contribution is -0.120. The van der Waals surface area contributed by atoms with Gasteiger partial charge in [-0.3, -0.25) is 9.59 Å². The van der Waals surface area contributed by atoms with Crippen LogP contribution in [0, 0.1) is 5.92 Å². The number of unbranched alkanes of at least 4 members (excludes halogenated alkanes) is 12. The van der Waals surface area contributed by atoms with Gasteiger partial charge in [-0.2, -0.15) is 0 Å². The van der Waals surface area contributed by atoms with Crippen LogP contribution in [0.15, 0.2) is 22.7 Å². The fourth-order valence-electron chi connectivity index (χ4n) is 4.32. The number of aliphatic hydroxyl groups excluding tert-OH is 2. The largest absolute Gasteiger partial charge is 0.504 e. The second-order valence-electron chi connectivity index (χ2n) is 8.91. The predicted octanol–water partition coefficient (Wildman–Crippen LogP) is 7.68. The predicted molar refractivity (Wildman–Crippen MR) is 124 cm³/mol. The summed E-state index contributed by atoms with van der Waals surface area (Å²) in [5.41, 5.74) is 0.0922. The highest BCUT2D eigenvalue weighted by Gasteiger charge is 2.36. The second kappa shape index (κ2) is 15.3. The average molecular weight is 421 g/mol. The summed E-state index contributed by atoms with van der Waals surface area (Å²) in [5.74, 6) is -2.26. The maximum Gasteiger partial charge on any atom is 0.227 e. The van der Waals surface area contributed by atoms with Crippen LogP contribution >= 0.6 is 0 Å². The number of carbonyl (C=O) groups excluding carboxylic acids is 2. The number of aliphatic hydroxyl groups is 2. The molecule has 0 aromatic heterocycles. The Hall–Kier alpha value is -1.58. The molecule has 2 N–H and O–H groups in total. The Morgan fingerprint density at radius 1 is 0.600 bits per heavy atom. The van der Waals surface area contributed by atoms with Gasteiger partial charge in [0.05, 0.1) is 5.57 Å². The number of hydrogen-bond acceptors (Lipinski definition) is 4. The van der Waals surface area contributed by atoms with Crippen LogP contribution in [0.2, 0.25) is 0 Å². The molecule has 4 nitrogen and oxygen atoms in total. The van der Waals surface area contributed by atoms with Crippen LogP contribution < -0.4 is 0 Å². The van der Waals surface area contributed by atoms with Crippen molar-refractivity contribution in [3.63, 3.8) is 0 Å². The zero-order valence-corrected chi connectivity index (χ0v) is 19.6. The molecule has 1 aliphatic carbocycles. The molecule has 0 radical (unpaired) electrons. The van der Waals surface area contributed by atoms with E-state index in [0.717, 1.165) is 44.9 Å². The Labute approximate surface area is 183 Å². The molecular weight excluding hydrogens is 376 g/mol. The number of carbonyl (C=O) groups is 2. The van der Waals surface area contributed by atoms with Crippen molar-refractivity contribution in [3.8, 4) is 0 Å². The monoisotopic (exact) mass is 420 g/mol. The Morgan fingerprint density at radius 2 is 1.00 bits per heavy atom. The molecule has 0 spiro atoms. The second-order valence-corrected chi connectivity index (χ2v) is 8.91. The lowest BCUT2D eigenvalue weighted by Gasteiger charge is -2.24. The molecule has 1 unspecified atom stereocenters. The smallest absolute Gasteiger partial charge is 0.227 e. The third-order valence-electron chi connectivity index (χ3n) is 6.35. The van der Waals surface area contributed by atoms with Gasteiger partial charge in [-0.05, 0) is 25.7 Å². The molecule has 0 saturated heterocycles. The Balaban J connectivity index is 2.47. The van der Waals surface area contributed by atoms with E-state index in [1.165, 1.54) is 64.7 Å². The van der Waals surface area contributed by atoms with Crippen LogP contribution in [0.1, 0.15) is 124 Å². The van der Waals surface area contributed by atoms with Crippen molar-refractivity contribution in [2.24, 2.45) is 5.92 Å². The maximum absolute atomic E-state index is 12.6. The molecule has 0 aliphatic heterocycles. The first-order valence-corrected chi connectivity index (χ1v) is 12.4. The van der Waals surface area contributed by atoms with Gasteiger partial charge in [-0.1, -0.05) is 104 Å². The molecule has 4 heteroatoms. The molecule has 30 heavy (non-hydrogen) atoms. The van der Waals surface area contributed by atoms with Crippen molar-refractivity contribution in [3.05, 3.63) is 22.7 Å². The molecule has 1 rings (SSSR count). The summed E-state index contributed by atoms with van der Waals surface area (Å²) in [6, 6.07) is 0. The number of hydrogen-bond donors (Lipinski definition) is 2. The highest BCUT2D eigenvalue weighted by molar-refractivity contribution is 6.23. The molecule has 0 aromatic rings. The lowest BCUT2D eigenvalue weighted by atomic mass is 9.80. The minimum atomic E-state index is -0.610. The van der Waals surface area contributed by atoms with E-state index >= 15 is 0 Å². The minimum Gasteiger partial charge on any atom is -0.504 e. The molecule has 1 atom stereocenters. The van der Waals surface area contributed by atoms with Crippen molar-refractivity contribution in [2.75, 3.05) is 0 Å². The molecule has 1 aliphatic rings. The SMILES string of the molecule is CCCCCCCCCCCCCC(CCCCC)C1=C(O)C(=O)C(C)=C(O)C1=O. The van der Waals surface area contributed by atoms with Crippen LogP contribution in [0.4, 0.5) is 0 Å². The number of rotatable bonds is 17. The fourth-order valence-corrected chi connectivity index (χ4v) is 4.32. The minimum absolute atomic E-state index is 0.0525. The van der Waals surface area contributed by atoms with Crippen LogP contribution in [-0.2, 0) is 9.59 Å². The molecule has 0 heterocycles. The number of ketones is 2. The van der Waals surface area contributed by atoms with E-state index < -0.39 is 23.1 Å². The van der Waals surface area contributed by atoms with E-state index in [4.69, 9.17) is 0 Å². The Morgan fingerprint density at radius 3 is 1.50 bits per heavy atom. The fraction of sp³-hybridized carbons (Fsp3) is 0.769. The number of allylic oxidation sites excluding steroid dienone is 2. The van der Waals surface area contributed by atoms with Crippen molar-refractivity contribution in [2.45, 2.75) is 124 Å². The van der Waals surface area contributed by atoms with E-state index in [9.17, 15) is 19.8 Å². The van der Waals surface area contributed by atoms with Crippen molar-refractivity contribution in [1.29, 1.82) is 0 Å². The van der Waals surface area contributed by atoms with Gasteiger partial charge in [0, 0.05) is 5.57 Å². The van der Waals surface area contributed by atoms with Gasteiger partial charge in [0.2, 0.25) is 11.6 Å². The van der Waals surface area contributed by atoms with Gasteiger partial charge < -0.3 is 10.2 Å². The van der Waals surface area contributed by atoms with Gasteiger partial charge in [-0.15, -0.1) is 0 Å². The summed E-state index contributed by atoms with van der Waals surface area (Å²) in [6.07, 6.45) is 18.5. The topological polar surface area (TPSA) is 74.6 Å². The van der Waals surface area contributed by atoms with Gasteiger partial charge in [0.1, 0.15) is 0 Å². The van der Waals surface area contributed by atoms with Crippen molar-refractivity contribution in [1.82, 2.24) is 0 Å². The first kappa shape index (κ1) is 26.5. The summed E-state index contributed by atoms with van der Waals surface area (Å²) in [6.45, 7) is 5.76. The van der Waals surface area contributed by atoms with Crippen LogP contribution in [0.5, 0.6) is 0 Å². The normalized spacial score (nSPS) is 16.0. The van der Waals surface area contributed by atoms with Crippen LogP contribution in [0.25, 0.3) is 0 Å². The molecule has 0 bridgehead atoms. The standard InChI is InChI=1S/C26H44O4/c1-4-6-8-9-10-11-12-13-14-15-17-19-21(18-16-7-5-2)22-25(29)23(27)20(3)24(28)26(22)30/h21,27,30H,4-19H2,1-3H3. The molecule has 0 saturated carbocycles. The third-order valence-corrected chi connectivity index (χ3v) is 6.35. The van der Waals surface area contributed by atoms with Gasteiger partial charge in [0.25, 0.3) is 0 Å². The van der Waals surface area contributed by atoms with Crippen molar-refractivity contribution >= 4 is 11.6 Å². The Kier molecular flexibility index (Phi) is 13.5. The first-order valence-electron chi connectivity index (χ1n) is 12.4. The zero-order valence-electron chi connectivity index (χ0n) is 19.6. The van der Waals surface area contributed by atoms with Gasteiger partial charge in [0.15, 0.2) is 11.5 Å². The first-order chi connectivity index (χ1) is 14.5. The van der Waals surface area contributed by atoms with Gasteiger partial charge >= 0.3 is 0 Å². The van der Waals surface area contributed by atoms with Crippen molar-refractivity contribution < 1.29 is 19.8 Å². The summed E-state index contributed by atoms with van der Waals surface area (Å²) in [4.78, 5) is 24.8. The summed E-state index contributed by atoms with van der Waals surface area (Å²) >= 11 is 0. The van der Waals surface area contributed by atoms with Crippen LogP contribution in [0.3, 0.4) is 0 Å². The summed E-state index contributed by atoms with van der Waals surface area (Å²) in [7, 11) is 0. The average Bonchev–Trinajstić information content (AvgIpc) is 2.74.